The molecule has 1 N–H and O–H groups in total. The molecule has 0 saturated heterocycles. The summed E-state index contributed by atoms with van der Waals surface area (Å²) in [5.74, 6) is 1.40. The summed E-state index contributed by atoms with van der Waals surface area (Å²) in [5.41, 5.74) is -0.208. The maximum absolute atomic E-state index is 13.8. The molecule has 0 amide bonds. The van der Waals surface area contributed by atoms with Crippen molar-refractivity contribution in [3.05, 3.63) is 56.2 Å². The highest BCUT2D eigenvalue weighted by molar-refractivity contribution is 5.74. The van der Waals surface area contributed by atoms with Crippen LogP contribution in [0.4, 0.5) is 20.3 Å². The molecule has 2 aromatic rings. The third-order valence-corrected chi connectivity index (χ3v) is 6.18. The quantitative estimate of drug-likeness (QED) is 0.465. The molecule has 0 spiro atoms. The number of halogens is 2. The van der Waals surface area contributed by atoms with Gasteiger partial charge in [0.15, 0.2) is 17.5 Å². The van der Waals surface area contributed by atoms with Gasteiger partial charge in [-0.1, -0.05) is 12.0 Å². The second-order valence-corrected chi connectivity index (χ2v) is 8.57. The Morgan fingerprint density at radius 2 is 1.97 bits per heavy atom. The zero-order valence-corrected chi connectivity index (χ0v) is 19.1. The normalized spacial score (nSPS) is 15.2. The molecule has 182 valence electrons. The van der Waals surface area contributed by atoms with Gasteiger partial charge in [0, 0.05) is 32.8 Å². The summed E-state index contributed by atoms with van der Waals surface area (Å²) >= 11 is 0. The van der Waals surface area contributed by atoms with Crippen LogP contribution in [-0.4, -0.2) is 40.2 Å². The number of unbranched alkanes of at least 4 members (excludes halogenated alkanes) is 1. The van der Waals surface area contributed by atoms with E-state index < -0.39 is 22.9 Å². The fraction of sp³-hybridized carbons (Fsp3) is 0.500. The van der Waals surface area contributed by atoms with E-state index in [0.717, 1.165) is 36.0 Å². The lowest BCUT2D eigenvalue weighted by atomic mass is 9.96. The van der Waals surface area contributed by atoms with Gasteiger partial charge in [0.25, 0.3) is 5.56 Å². The molecule has 10 heteroatoms. The first-order valence-electron chi connectivity index (χ1n) is 11.4. The van der Waals surface area contributed by atoms with Crippen LogP contribution in [-0.2, 0) is 24.9 Å². The number of rotatable bonds is 8. The van der Waals surface area contributed by atoms with Gasteiger partial charge in [-0.25, -0.2) is 13.6 Å². The number of hydrogen-bond acceptors (Lipinski definition) is 6. The number of anilines is 2. The van der Waals surface area contributed by atoms with Crippen molar-refractivity contribution in [1.29, 1.82) is 0 Å². The lowest BCUT2D eigenvalue weighted by Crippen LogP contribution is -2.41. The molecular weight excluding hydrogens is 446 g/mol. The lowest BCUT2D eigenvalue weighted by molar-refractivity contribution is 0.0216. The van der Waals surface area contributed by atoms with Crippen LogP contribution < -0.4 is 21.0 Å². The Balaban J connectivity index is 1.68. The summed E-state index contributed by atoms with van der Waals surface area (Å²) in [5, 5.41) is 9.06. The Kier molecular flexibility index (Phi) is 7.34. The number of aliphatic hydroxyl groups excluding tert-OH is 1. The number of benzene rings is 1. The van der Waals surface area contributed by atoms with Gasteiger partial charge in [-0.15, -0.1) is 0 Å². The summed E-state index contributed by atoms with van der Waals surface area (Å²) < 4.78 is 35.4. The molecule has 0 radical (unpaired) electrons. The molecule has 8 nitrogen and oxygen atoms in total. The molecule has 1 saturated carbocycles. The molecule has 0 bridgehead atoms. The Hall–Kier alpha value is -3.16. The third-order valence-electron chi connectivity index (χ3n) is 6.18. The van der Waals surface area contributed by atoms with Crippen LogP contribution in [0.3, 0.4) is 0 Å². The Bertz CT molecular complexity index is 1230. The summed E-state index contributed by atoms with van der Waals surface area (Å²) in [4.78, 5) is 29.6. The van der Waals surface area contributed by atoms with Crippen molar-refractivity contribution in [1.82, 2.24) is 9.13 Å². The number of aromatic nitrogens is 2. The van der Waals surface area contributed by atoms with E-state index in [-0.39, 0.29) is 44.8 Å². The van der Waals surface area contributed by atoms with E-state index >= 15 is 0 Å². The van der Waals surface area contributed by atoms with Crippen molar-refractivity contribution in [2.24, 2.45) is 7.05 Å². The van der Waals surface area contributed by atoms with Gasteiger partial charge in [0.05, 0.1) is 6.10 Å². The van der Waals surface area contributed by atoms with Gasteiger partial charge < -0.3 is 14.7 Å². The van der Waals surface area contributed by atoms with Gasteiger partial charge >= 0.3 is 5.69 Å². The molecule has 34 heavy (non-hydrogen) atoms. The molecule has 1 aliphatic heterocycles. The van der Waals surface area contributed by atoms with E-state index in [1.807, 2.05) is 0 Å². The third kappa shape index (κ3) is 4.86. The number of nitrogens with zero attached hydrogens (tertiary/aromatic N) is 4. The van der Waals surface area contributed by atoms with Gasteiger partial charge in [0.2, 0.25) is 0 Å². The van der Waals surface area contributed by atoms with Gasteiger partial charge in [-0.3, -0.25) is 18.8 Å². The molecule has 1 aromatic heterocycles. The summed E-state index contributed by atoms with van der Waals surface area (Å²) in [7, 11) is 1.57. The minimum Gasteiger partial charge on any atom is -0.396 e. The van der Waals surface area contributed by atoms with Crippen LogP contribution in [0.5, 0.6) is 0 Å². The number of fused-ring (bicyclic) bond motifs is 1. The maximum atomic E-state index is 13.8. The van der Waals surface area contributed by atoms with Crippen molar-refractivity contribution in [2.75, 3.05) is 29.7 Å². The van der Waals surface area contributed by atoms with Gasteiger partial charge in [-0.05, 0) is 49.8 Å². The standard InChI is InChI=1S/C24H28F2N4O4/c1-27-22-21(23(32)30(24(27)33)11-2-3-12-31)29(15-17-8-9-19(25)20(26)14-17)16-28(22)10-5-13-34-18-6-4-7-18/h8-9,14,18,31H,2-4,6-7,11-13,15-16H2,1H3. The van der Waals surface area contributed by atoms with Crippen LogP contribution in [0.1, 0.15) is 37.7 Å². The number of ether oxygens (including phenoxy) is 1. The summed E-state index contributed by atoms with van der Waals surface area (Å²) in [6.07, 6.45) is 4.38. The zero-order valence-electron chi connectivity index (χ0n) is 19.1. The second-order valence-electron chi connectivity index (χ2n) is 8.57. The fourth-order valence-corrected chi connectivity index (χ4v) is 4.11. The summed E-state index contributed by atoms with van der Waals surface area (Å²) in [6, 6.07) is 6.59. The van der Waals surface area contributed by atoms with E-state index in [4.69, 9.17) is 9.84 Å². The van der Waals surface area contributed by atoms with Gasteiger partial charge in [-0.2, -0.15) is 0 Å². The van der Waals surface area contributed by atoms with E-state index in [0.29, 0.717) is 24.2 Å². The first-order chi connectivity index (χ1) is 16.4. The van der Waals surface area contributed by atoms with Crippen LogP contribution in [0, 0.1) is 23.6 Å². The molecule has 2 heterocycles. The largest absolute Gasteiger partial charge is 0.396 e. The summed E-state index contributed by atoms with van der Waals surface area (Å²) in [6.45, 7) is 0.679. The highest BCUT2D eigenvalue weighted by atomic mass is 19.2. The molecule has 0 atom stereocenters. The van der Waals surface area contributed by atoms with Gasteiger partial charge in [0.1, 0.15) is 19.0 Å². The molecule has 2 aliphatic rings. The minimum absolute atomic E-state index is 0.0332. The average molecular weight is 475 g/mol. The van der Waals surface area contributed by atoms with Crippen LogP contribution >= 0.6 is 0 Å². The first kappa shape index (κ1) is 24.0. The van der Waals surface area contributed by atoms with Crippen molar-refractivity contribution in [3.63, 3.8) is 0 Å². The number of aliphatic hydroxyl groups is 1. The Morgan fingerprint density at radius 3 is 2.65 bits per heavy atom. The zero-order chi connectivity index (χ0) is 24.2. The van der Waals surface area contributed by atoms with Crippen molar-refractivity contribution in [2.45, 2.75) is 51.3 Å². The minimum atomic E-state index is -0.969. The SMILES string of the molecule is Cn1c2c(c(=O)n(CCCCO)c1=O)N(Cc1ccc(F)c(F)c1)CN2C#CCOC1CCC1. The van der Waals surface area contributed by atoms with E-state index in [1.165, 1.54) is 10.6 Å². The first-order valence-corrected chi connectivity index (χ1v) is 11.4. The van der Waals surface area contributed by atoms with Crippen LogP contribution in [0.15, 0.2) is 27.8 Å². The highest BCUT2D eigenvalue weighted by Crippen LogP contribution is 2.32. The molecule has 0 unspecified atom stereocenters. The van der Waals surface area contributed by atoms with Crippen LogP contribution in [0.2, 0.25) is 0 Å². The molecule has 1 aromatic carbocycles. The molecule has 1 aliphatic carbocycles. The maximum Gasteiger partial charge on any atom is 0.332 e. The molecule has 1 fully saturated rings. The van der Waals surface area contributed by atoms with Crippen molar-refractivity contribution in [3.8, 4) is 12.0 Å². The molecule has 4 rings (SSSR count). The highest BCUT2D eigenvalue weighted by Gasteiger charge is 2.33. The predicted molar refractivity (Wildman–Crippen MR) is 124 cm³/mol. The van der Waals surface area contributed by atoms with Crippen LogP contribution in [0.25, 0.3) is 0 Å². The topological polar surface area (TPSA) is 79.9 Å². The van der Waals surface area contributed by atoms with E-state index in [1.54, 1.807) is 16.8 Å². The van der Waals surface area contributed by atoms with Crippen molar-refractivity contribution >= 4 is 11.5 Å². The Morgan fingerprint density at radius 1 is 1.18 bits per heavy atom. The Labute approximate surface area is 196 Å². The second kappa shape index (κ2) is 10.4. The fourth-order valence-electron chi connectivity index (χ4n) is 4.11. The molecular formula is C24H28F2N4O4. The predicted octanol–water partition coefficient (Wildman–Crippen LogP) is 1.91. The van der Waals surface area contributed by atoms with Crippen molar-refractivity contribution < 1.29 is 18.6 Å². The smallest absolute Gasteiger partial charge is 0.332 e. The van der Waals surface area contributed by atoms with E-state index in [2.05, 4.69) is 12.0 Å². The van der Waals surface area contributed by atoms with E-state index in [9.17, 15) is 18.4 Å². The average Bonchev–Trinajstić information content (AvgIpc) is 3.14. The number of hydrogen-bond donors (Lipinski definition) is 1. The lowest BCUT2D eigenvalue weighted by Gasteiger charge is -2.24. The monoisotopic (exact) mass is 474 g/mol.